The Morgan fingerprint density at radius 3 is 2.33 bits per heavy atom. The van der Waals surface area contributed by atoms with Crippen molar-refractivity contribution in [1.29, 1.82) is 0 Å². The van der Waals surface area contributed by atoms with Crippen LogP contribution >= 0.6 is 24.0 Å². The third-order valence-electron chi connectivity index (χ3n) is 3.33. The molecule has 120 valence electrons. The molecule has 1 aromatic carbocycles. The predicted octanol–water partition coefficient (Wildman–Crippen LogP) is 3.48. The zero-order chi connectivity index (χ0) is 15.0. The zero-order valence-corrected chi connectivity index (χ0v) is 15.5. The van der Waals surface area contributed by atoms with Crippen LogP contribution in [-0.2, 0) is 0 Å². The van der Waals surface area contributed by atoms with Crippen molar-refractivity contribution in [3.8, 4) is 11.5 Å². The van der Waals surface area contributed by atoms with Crippen molar-refractivity contribution in [2.24, 2.45) is 16.6 Å². The summed E-state index contributed by atoms with van der Waals surface area (Å²) in [6.07, 6.45) is 2.23. The number of guanidine groups is 1. The molecule has 0 spiro atoms. The lowest BCUT2D eigenvalue weighted by molar-refractivity contribution is 0.355. The minimum atomic E-state index is 0. The lowest BCUT2D eigenvalue weighted by atomic mass is 10.0. The highest BCUT2D eigenvalue weighted by molar-refractivity contribution is 14.0. The van der Waals surface area contributed by atoms with Crippen molar-refractivity contribution in [3.63, 3.8) is 0 Å². The van der Waals surface area contributed by atoms with Gasteiger partial charge in [-0.3, -0.25) is 4.99 Å². The number of methoxy groups -OCH3 is 2. The van der Waals surface area contributed by atoms with Crippen LogP contribution in [0.1, 0.15) is 26.7 Å². The first-order valence-corrected chi connectivity index (χ1v) is 6.93. The Kier molecular flexibility index (Phi) is 9.94. The lowest BCUT2D eigenvalue weighted by Crippen LogP contribution is -2.23. The molecule has 0 atom stereocenters. The van der Waals surface area contributed by atoms with Crippen molar-refractivity contribution >= 4 is 35.6 Å². The number of anilines is 1. The van der Waals surface area contributed by atoms with Gasteiger partial charge in [0.2, 0.25) is 0 Å². The first-order valence-electron chi connectivity index (χ1n) is 6.93. The Hall–Kier alpha value is -1.18. The summed E-state index contributed by atoms with van der Waals surface area (Å²) in [5, 5.41) is 3.06. The predicted molar refractivity (Wildman–Crippen MR) is 99.1 cm³/mol. The minimum absolute atomic E-state index is 0. The van der Waals surface area contributed by atoms with E-state index in [1.165, 1.54) is 0 Å². The molecule has 0 bridgehead atoms. The van der Waals surface area contributed by atoms with E-state index in [9.17, 15) is 0 Å². The van der Waals surface area contributed by atoms with Crippen molar-refractivity contribution in [2.45, 2.75) is 26.7 Å². The number of hydrogen-bond acceptors (Lipinski definition) is 3. The van der Waals surface area contributed by atoms with Crippen molar-refractivity contribution < 1.29 is 9.47 Å². The molecule has 0 radical (unpaired) electrons. The van der Waals surface area contributed by atoms with Gasteiger partial charge < -0.3 is 20.5 Å². The van der Waals surface area contributed by atoms with Gasteiger partial charge in [-0.25, -0.2) is 0 Å². The molecule has 0 aliphatic rings. The first-order chi connectivity index (χ1) is 9.64. The highest BCUT2D eigenvalue weighted by atomic mass is 127. The molecule has 0 amide bonds. The number of nitrogens with zero attached hydrogens (tertiary/aromatic N) is 1. The molecule has 0 heterocycles. The Morgan fingerprint density at radius 1 is 1.19 bits per heavy atom. The van der Waals surface area contributed by atoms with Gasteiger partial charge in [0.25, 0.3) is 0 Å². The summed E-state index contributed by atoms with van der Waals surface area (Å²) < 4.78 is 10.4. The molecular weight excluding hydrogens is 381 g/mol. The number of halogens is 1. The van der Waals surface area contributed by atoms with E-state index in [0.29, 0.717) is 23.4 Å². The van der Waals surface area contributed by atoms with Crippen molar-refractivity contribution in [2.75, 3.05) is 26.1 Å². The van der Waals surface area contributed by atoms with E-state index in [0.717, 1.165) is 25.1 Å². The molecule has 0 aromatic heterocycles. The third-order valence-corrected chi connectivity index (χ3v) is 3.33. The molecule has 0 aliphatic heterocycles. The maximum Gasteiger partial charge on any atom is 0.193 e. The summed E-state index contributed by atoms with van der Waals surface area (Å²) in [5.74, 6) is 2.35. The van der Waals surface area contributed by atoms with Crippen LogP contribution in [0.4, 0.5) is 5.69 Å². The molecule has 5 nitrogen and oxygen atoms in total. The molecule has 6 heteroatoms. The monoisotopic (exact) mass is 407 g/mol. The van der Waals surface area contributed by atoms with Crippen LogP contribution in [0, 0.1) is 5.92 Å². The van der Waals surface area contributed by atoms with Gasteiger partial charge in [0.05, 0.1) is 14.2 Å². The maximum absolute atomic E-state index is 5.89. The molecule has 0 fully saturated rings. The Bertz CT molecular complexity index is 449. The summed E-state index contributed by atoms with van der Waals surface area (Å²) in [5.41, 5.74) is 6.72. The highest BCUT2D eigenvalue weighted by Crippen LogP contribution is 2.29. The standard InChI is InChI=1S/C15H25N3O2.HI/c1-5-11(6-2)10-17-15(16)18-12-7-8-13(19-3)14(9-12)20-4;/h7-9,11H,5-6,10H2,1-4H3,(H3,16,17,18);1H. The van der Waals surface area contributed by atoms with E-state index >= 15 is 0 Å². The van der Waals surface area contributed by atoms with E-state index in [4.69, 9.17) is 15.2 Å². The van der Waals surface area contributed by atoms with Crippen LogP contribution in [0.5, 0.6) is 11.5 Å². The van der Waals surface area contributed by atoms with Crippen LogP contribution in [0.2, 0.25) is 0 Å². The molecule has 0 saturated carbocycles. The summed E-state index contributed by atoms with van der Waals surface area (Å²) in [4.78, 5) is 4.37. The van der Waals surface area contributed by atoms with Gasteiger partial charge in [0, 0.05) is 18.3 Å². The number of ether oxygens (including phenoxy) is 2. The quantitative estimate of drug-likeness (QED) is 0.413. The average Bonchev–Trinajstić information content (AvgIpc) is 2.48. The maximum atomic E-state index is 5.89. The minimum Gasteiger partial charge on any atom is -0.493 e. The molecule has 1 aromatic rings. The zero-order valence-electron chi connectivity index (χ0n) is 13.2. The average molecular weight is 407 g/mol. The van der Waals surface area contributed by atoms with Gasteiger partial charge in [0.15, 0.2) is 17.5 Å². The summed E-state index contributed by atoms with van der Waals surface area (Å²) in [7, 11) is 3.21. The number of nitrogens with two attached hydrogens (primary N) is 1. The summed E-state index contributed by atoms with van der Waals surface area (Å²) >= 11 is 0. The normalized spacial score (nSPS) is 11.0. The van der Waals surface area contributed by atoms with E-state index < -0.39 is 0 Å². The fourth-order valence-electron chi connectivity index (χ4n) is 1.88. The molecule has 3 N–H and O–H groups in total. The summed E-state index contributed by atoms with van der Waals surface area (Å²) in [6.45, 7) is 5.09. The van der Waals surface area contributed by atoms with E-state index in [1.807, 2.05) is 18.2 Å². The largest absolute Gasteiger partial charge is 0.493 e. The van der Waals surface area contributed by atoms with Gasteiger partial charge in [-0.1, -0.05) is 26.7 Å². The summed E-state index contributed by atoms with van der Waals surface area (Å²) in [6, 6.07) is 5.54. The number of rotatable bonds is 7. The van der Waals surface area contributed by atoms with E-state index in [2.05, 4.69) is 24.2 Å². The molecule has 21 heavy (non-hydrogen) atoms. The molecule has 0 unspecified atom stereocenters. The third kappa shape index (κ3) is 6.41. The van der Waals surface area contributed by atoms with Crippen molar-refractivity contribution in [1.82, 2.24) is 0 Å². The molecule has 0 saturated heterocycles. The van der Waals surface area contributed by atoms with Crippen LogP contribution in [0.15, 0.2) is 23.2 Å². The second kappa shape index (κ2) is 10.5. The van der Waals surface area contributed by atoms with Crippen LogP contribution < -0.4 is 20.5 Å². The lowest BCUT2D eigenvalue weighted by Gasteiger charge is -2.12. The van der Waals surface area contributed by atoms with Crippen LogP contribution in [0.25, 0.3) is 0 Å². The SMILES string of the molecule is CCC(CC)CN=C(N)Nc1ccc(OC)c(OC)c1.I. The van der Waals surface area contributed by atoms with E-state index in [1.54, 1.807) is 14.2 Å². The Morgan fingerprint density at radius 2 is 1.81 bits per heavy atom. The molecule has 1 rings (SSSR count). The van der Waals surface area contributed by atoms with Crippen LogP contribution in [0.3, 0.4) is 0 Å². The number of nitrogens with one attached hydrogen (secondary N) is 1. The van der Waals surface area contributed by atoms with Gasteiger partial charge in [-0.2, -0.15) is 0 Å². The van der Waals surface area contributed by atoms with Gasteiger partial charge in [0.1, 0.15) is 0 Å². The van der Waals surface area contributed by atoms with Crippen molar-refractivity contribution in [3.05, 3.63) is 18.2 Å². The highest BCUT2D eigenvalue weighted by Gasteiger charge is 2.06. The fourth-order valence-corrected chi connectivity index (χ4v) is 1.88. The van der Waals surface area contributed by atoms with Crippen LogP contribution in [-0.4, -0.2) is 26.7 Å². The first kappa shape index (κ1) is 19.8. The fraction of sp³-hybridized carbons (Fsp3) is 0.533. The van der Waals surface area contributed by atoms with Gasteiger partial charge in [-0.05, 0) is 18.1 Å². The number of hydrogen-bond donors (Lipinski definition) is 2. The molecule has 0 aliphatic carbocycles. The second-order valence-corrected chi connectivity index (χ2v) is 4.60. The Labute approximate surface area is 144 Å². The topological polar surface area (TPSA) is 68.9 Å². The molecular formula is C15H26IN3O2. The van der Waals surface area contributed by atoms with Gasteiger partial charge >= 0.3 is 0 Å². The number of benzene rings is 1. The Balaban J connectivity index is 0.00000400. The number of aliphatic imine (C=N–C) groups is 1. The second-order valence-electron chi connectivity index (χ2n) is 4.60. The van der Waals surface area contributed by atoms with Gasteiger partial charge in [-0.15, -0.1) is 24.0 Å². The van der Waals surface area contributed by atoms with E-state index in [-0.39, 0.29) is 24.0 Å². The smallest absolute Gasteiger partial charge is 0.193 e.